The van der Waals surface area contributed by atoms with E-state index in [9.17, 15) is 0 Å². The average Bonchev–Trinajstić information content (AvgIpc) is 2.80. The van der Waals surface area contributed by atoms with Crippen molar-refractivity contribution in [2.24, 2.45) is 7.05 Å². The summed E-state index contributed by atoms with van der Waals surface area (Å²) >= 11 is 6.07. The number of nitrogens with zero attached hydrogens (tertiary/aromatic N) is 2. The van der Waals surface area contributed by atoms with E-state index in [2.05, 4.69) is 28.7 Å². The summed E-state index contributed by atoms with van der Waals surface area (Å²) in [7, 11) is 3.94. The summed E-state index contributed by atoms with van der Waals surface area (Å²) in [4.78, 5) is 0. The quantitative estimate of drug-likeness (QED) is 0.909. The van der Waals surface area contributed by atoms with E-state index < -0.39 is 0 Å². The lowest BCUT2D eigenvalue weighted by Gasteiger charge is -2.17. The molecule has 0 aliphatic rings. The molecule has 2 rings (SSSR count). The lowest BCUT2D eigenvalue weighted by Crippen LogP contribution is -2.17. The van der Waals surface area contributed by atoms with E-state index in [4.69, 9.17) is 11.6 Å². The first kappa shape index (κ1) is 14.1. The minimum atomic E-state index is 0.344. The molecular weight excluding hydrogens is 258 g/mol. The summed E-state index contributed by atoms with van der Waals surface area (Å²) in [5.74, 6) is 0. The van der Waals surface area contributed by atoms with Crippen LogP contribution in [0.1, 0.15) is 29.2 Å². The first-order valence-electron chi connectivity index (χ1n) is 6.51. The monoisotopic (exact) mass is 277 g/mol. The molecule has 1 N–H and O–H groups in total. The molecule has 1 aromatic carbocycles. The van der Waals surface area contributed by atoms with Gasteiger partial charge in [0, 0.05) is 24.3 Å². The fourth-order valence-corrected chi connectivity index (χ4v) is 2.39. The Morgan fingerprint density at radius 1 is 1.42 bits per heavy atom. The Morgan fingerprint density at radius 2 is 2.21 bits per heavy atom. The van der Waals surface area contributed by atoms with Crippen LogP contribution < -0.4 is 5.32 Å². The summed E-state index contributed by atoms with van der Waals surface area (Å²) in [5, 5.41) is 8.39. The molecular formula is C15H20ClN3. The van der Waals surface area contributed by atoms with E-state index in [1.165, 1.54) is 11.1 Å². The normalized spacial score (nSPS) is 12.6. The van der Waals surface area contributed by atoms with E-state index in [0.29, 0.717) is 6.04 Å². The van der Waals surface area contributed by atoms with Crippen LogP contribution in [-0.2, 0) is 13.5 Å². The average molecular weight is 278 g/mol. The SMILES string of the molecule is CNC(CCc1cnn(C)c1)c1ccc(Cl)c(C)c1. The molecule has 0 saturated carbocycles. The first-order valence-corrected chi connectivity index (χ1v) is 6.89. The van der Waals surface area contributed by atoms with Gasteiger partial charge in [-0.15, -0.1) is 0 Å². The minimum absolute atomic E-state index is 0.344. The standard InChI is InChI=1S/C15H20ClN3/c1-11-8-13(5-6-14(11)16)15(17-2)7-4-12-9-18-19(3)10-12/h5-6,8-10,15,17H,4,7H2,1-3H3. The molecule has 0 fully saturated rings. The second kappa shape index (κ2) is 6.22. The number of rotatable bonds is 5. The van der Waals surface area contributed by atoms with Gasteiger partial charge in [0.1, 0.15) is 0 Å². The van der Waals surface area contributed by atoms with E-state index in [0.717, 1.165) is 23.4 Å². The van der Waals surface area contributed by atoms with Gasteiger partial charge in [0.15, 0.2) is 0 Å². The number of hydrogen-bond donors (Lipinski definition) is 1. The van der Waals surface area contributed by atoms with Crippen molar-refractivity contribution in [1.82, 2.24) is 15.1 Å². The van der Waals surface area contributed by atoms with Gasteiger partial charge in [-0.2, -0.15) is 5.10 Å². The Hall–Kier alpha value is -1.32. The number of aryl methyl sites for hydroxylation is 3. The molecule has 19 heavy (non-hydrogen) atoms. The van der Waals surface area contributed by atoms with E-state index in [1.807, 2.05) is 38.0 Å². The summed E-state index contributed by atoms with van der Waals surface area (Å²) in [6, 6.07) is 6.57. The van der Waals surface area contributed by atoms with Crippen LogP contribution in [0.5, 0.6) is 0 Å². The zero-order valence-corrected chi connectivity index (χ0v) is 12.4. The van der Waals surface area contributed by atoms with Crippen LogP contribution in [0.4, 0.5) is 0 Å². The highest BCUT2D eigenvalue weighted by molar-refractivity contribution is 6.31. The Balaban J connectivity index is 2.05. The smallest absolute Gasteiger partial charge is 0.0521 e. The second-order valence-electron chi connectivity index (χ2n) is 4.91. The van der Waals surface area contributed by atoms with Crippen molar-refractivity contribution in [3.8, 4) is 0 Å². The maximum Gasteiger partial charge on any atom is 0.0521 e. The van der Waals surface area contributed by atoms with Gasteiger partial charge < -0.3 is 5.32 Å². The highest BCUT2D eigenvalue weighted by Crippen LogP contribution is 2.23. The molecule has 0 aliphatic carbocycles. The summed E-state index contributed by atoms with van der Waals surface area (Å²) in [5.41, 5.74) is 3.68. The molecule has 102 valence electrons. The molecule has 0 saturated heterocycles. The molecule has 0 aliphatic heterocycles. The van der Waals surface area contributed by atoms with Gasteiger partial charge in [-0.1, -0.05) is 23.7 Å². The predicted octanol–water partition coefficient (Wildman–Crippen LogP) is 3.28. The third-order valence-electron chi connectivity index (χ3n) is 3.41. The molecule has 4 heteroatoms. The minimum Gasteiger partial charge on any atom is -0.313 e. The molecule has 0 spiro atoms. The van der Waals surface area contributed by atoms with Gasteiger partial charge in [-0.05, 0) is 49.6 Å². The van der Waals surface area contributed by atoms with Crippen LogP contribution >= 0.6 is 11.6 Å². The predicted molar refractivity (Wildman–Crippen MR) is 79.5 cm³/mol. The van der Waals surface area contributed by atoms with Crippen molar-refractivity contribution in [2.75, 3.05) is 7.05 Å². The molecule has 2 aromatic rings. The number of benzene rings is 1. The Labute approximate surface area is 119 Å². The molecule has 0 amide bonds. The van der Waals surface area contributed by atoms with Crippen molar-refractivity contribution >= 4 is 11.6 Å². The van der Waals surface area contributed by atoms with Gasteiger partial charge in [0.25, 0.3) is 0 Å². The molecule has 0 radical (unpaired) electrons. The van der Waals surface area contributed by atoms with Gasteiger partial charge >= 0.3 is 0 Å². The lowest BCUT2D eigenvalue weighted by atomic mass is 9.99. The maximum absolute atomic E-state index is 6.07. The van der Waals surface area contributed by atoms with Crippen LogP contribution in [0.2, 0.25) is 5.02 Å². The lowest BCUT2D eigenvalue weighted by molar-refractivity contribution is 0.549. The third-order valence-corrected chi connectivity index (χ3v) is 3.84. The van der Waals surface area contributed by atoms with Crippen molar-refractivity contribution in [3.05, 3.63) is 52.3 Å². The molecule has 1 heterocycles. The van der Waals surface area contributed by atoms with Crippen LogP contribution in [-0.4, -0.2) is 16.8 Å². The van der Waals surface area contributed by atoms with Gasteiger partial charge in [-0.3, -0.25) is 4.68 Å². The fraction of sp³-hybridized carbons (Fsp3) is 0.400. The van der Waals surface area contributed by atoms with Gasteiger partial charge in [0.05, 0.1) is 6.20 Å². The number of hydrogen-bond acceptors (Lipinski definition) is 2. The van der Waals surface area contributed by atoms with E-state index in [1.54, 1.807) is 0 Å². The molecule has 1 aromatic heterocycles. The summed E-state index contributed by atoms with van der Waals surface area (Å²) in [6.07, 6.45) is 6.06. The van der Waals surface area contributed by atoms with Crippen molar-refractivity contribution in [1.29, 1.82) is 0 Å². The second-order valence-corrected chi connectivity index (χ2v) is 5.32. The van der Waals surface area contributed by atoms with Gasteiger partial charge in [0.2, 0.25) is 0 Å². The number of aromatic nitrogens is 2. The van der Waals surface area contributed by atoms with Crippen LogP contribution in [0.25, 0.3) is 0 Å². The number of halogens is 1. The Morgan fingerprint density at radius 3 is 2.79 bits per heavy atom. The molecule has 0 bridgehead atoms. The largest absolute Gasteiger partial charge is 0.313 e. The summed E-state index contributed by atoms with van der Waals surface area (Å²) < 4.78 is 1.84. The van der Waals surface area contributed by atoms with Crippen molar-refractivity contribution in [2.45, 2.75) is 25.8 Å². The van der Waals surface area contributed by atoms with Crippen molar-refractivity contribution < 1.29 is 0 Å². The van der Waals surface area contributed by atoms with Crippen LogP contribution in [0.15, 0.2) is 30.6 Å². The van der Waals surface area contributed by atoms with Gasteiger partial charge in [-0.25, -0.2) is 0 Å². The zero-order chi connectivity index (χ0) is 13.8. The third kappa shape index (κ3) is 3.58. The maximum atomic E-state index is 6.07. The molecule has 3 nitrogen and oxygen atoms in total. The van der Waals surface area contributed by atoms with E-state index >= 15 is 0 Å². The Bertz CT molecular complexity index is 548. The zero-order valence-electron chi connectivity index (χ0n) is 11.7. The highest BCUT2D eigenvalue weighted by atomic mass is 35.5. The molecule has 1 atom stereocenters. The van der Waals surface area contributed by atoms with E-state index in [-0.39, 0.29) is 0 Å². The fourth-order valence-electron chi connectivity index (χ4n) is 2.27. The highest BCUT2D eigenvalue weighted by Gasteiger charge is 2.11. The first-order chi connectivity index (χ1) is 9.10. The summed E-state index contributed by atoms with van der Waals surface area (Å²) in [6.45, 7) is 2.04. The topological polar surface area (TPSA) is 29.9 Å². The van der Waals surface area contributed by atoms with Crippen LogP contribution in [0, 0.1) is 6.92 Å². The van der Waals surface area contributed by atoms with Crippen molar-refractivity contribution in [3.63, 3.8) is 0 Å². The number of nitrogens with one attached hydrogen (secondary N) is 1. The molecule has 1 unspecified atom stereocenters. The Kier molecular flexibility index (Phi) is 4.61. The van der Waals surface area contributed by atoms with Crippen LogP contribution in [0.3, 0.4) is 0 Å².